The molecule has 1 aliphatic heterocycles. The van der Waals surface area contributed by atoms with Gasteiger partial charge in [0.05, 0.1) is 12.1 Å². The van der Waals surface area contributed by atoms with Gasteiger partial charge < -0.3 is 25.2 Å². The van der Waals surface area contributed by atoms with Crippen LogP contribution in [0.3, 0.4) is 0 Å². The van der Waals surface area contributed by atoms with Crippen LogP contribution in [0.15, 0.2) is 21.9 Å². The number of hydrogen-bond acceptors (Lipinski definition) is 9. The molecule has 14 heteroatoms. The maximum Gasteiger partial charge on any atom is 0.403 e. The van der Waals surface area contributed by atoms with E-state index in [1.165, 1.54) is 20.0 Å². The third-order valence-corrected chi connectivity index (χ3v) is 7.10. The Morgan fingerprint density at radius 2 is 2.09 bits per heavy atom. The van der Waals surface area contributed by atoms with Crippen molar-refractivity contribution in [1.82, 2.24) is 14.6 Å². The second-order valence-electron chi connectivity index (χ2n) is 8.72. The van der Waals surface area contributed by atoms with E-state index < -0.39 is 61.6 Å². The van der Waals surface area contributed by atoms with Crippen LogP contribution in [-0.2, 0) is 23.4 Å². The molecule has 1 aromatic heterocycles. The molecule has 1 unspecified atom stereocenters. The Kier molecular flexibility index (Phi) is 7.95. The minimum absolute atomic E-state index is 0.202. The van der Waals surface area contributed by atoms with Gasteiger partial charge in [0.25, 0.3) is 5.56 Å². The van der Waals surface area contributed by atoms with Crippen molar-refractivity contribution in [3.8, 4) is 0 Å². The van der Waals surface area contributed by atoms with Gasteiger partial charge in [-0.15, -0.1) is 0 Å². The van der Waals surface area contributed by atoms with Crippen molar-refractivity contribution in [2.24, 2.45) is 5.73 Å². The lowest BCUT2D eigenvalue weighted by atomic mass is 9.93. The van der Waals surface area contributed by atoms with E-state index in [9.17, 15) is 28.9 Å². The zero-order valence-corrected chi connectivity index (χ0v) is 19.4. The fourth-order valence-corrected chi connectivity index (χ4v) is 5.02. The van der Waals surface area contributed by atoms with Crippen molar-refractivity contribution in [1.29, 1.82) is 0 Å². The monoisotopic (exact) mass is 490 g/mol. The number of nitrogens with zero attached hydrogens (tertiary/aromatic N) is 1. The van der Waals surface area contributed by atoms with Gasteiger partial charge in [-0.05, 0) is 39.5 Å². The van der Waals surface area contributed by atoms with Crippen molar-refractivity contribution in [2.45, 2.75) is 82.1 Å². The van der Waals surface area contributed by atoms with Crippen LogP contribution in [0.5, 0.6) is 0 Å². The van der Waals surface area contributed by atoms with Crippen LogP contribution in [-0.4, -0.2) is 62.0 Å². The van der Waals surface area contributed by atoms with E-state index in [1.807, 2.05) is 0 Å². The lowest BCUT2D eigenvalue weighted by molar-refractivity contribution is -0.152. The molecule has 0 radical (unpaired) electrons. The first-order valence-electron chi connectivity index (χ1n) is 10.8. The first-order chi connectivity index (χ1) is 15.4. The highest BCUT2D eigenvalue weighted by atomic mass is 31.2. The van der Waals surface area contributed by atoms with E-state index in [1.54, 1.807) is 0 Å². The third-order valence-electron chi connectivity index (χ3n) is 5.89. The molecule has 0 spiro atoms. The Morgan fingerprint density at radius 1 is 1.42 bits per heavy atom. The van der Waals surface area contributed by atoms with E-state index in [0.29, 0.717) is 0 Å². The van der Waals surface area contributed by atoms with Crippen LogP contribution in [0.25, 0.3) is 0 Å². The molecule has 0 aromatic carbocycles. The van der Waals surface area contributed by atoms with Crippen LogP contribution in [0.2, 0.25) is 0 Å². The standard InChI is InChI=1S/C19H31N4O9P/c1-11(16(26)31-12-6-4-3-5-7-12)22-33(28,29)30-10-13-15(25)19(2,20)17(32-13)23-9-8-14(24)21-18(23)27/h8-9,11-13,15,17,25H,3-7,10,20H2,1-2H3,(H,21,24,27)(H2,22,28,29)/t11-,13+,15+,17+,19+/m0/s1. The summed E-state index contributed by atoms with van der Waals surface area (Å²) in [5, 5.41) is 12.8. The maximum atomic E-state index is 12.4. The largest absolute Gasteiger partial charge is 0.461 e. The number of rotatable bonds is 8. The predicted molar refractivity (Wildman–Crippen MR) is 115 cm³/mol. The number of aliphatic hydroxyl groups excluding tert-OH is 1. The Labute approximate surface area is 189 Å². The number of H-pyrrole nitrogens is 1. The minimum Gasteiger partial charge on any atom is -0.461 e. The summed E-state index contributed by atoms with van der Waals surface area (Å²) in [5.74, 6) is -0.663. The summed E-state index contributed by atoms with van der Waals surface area (Å²) < 4.78 is 29.5. The number of nitrogens with two attached hydrogens (primary N) is 1. The summed E-state index contributed by atoms with van der Waals surface area (Å²) in [6, 6.07) is -0.0131. The lowest BCUT2D eigenvalue weighted by Gasteiger charge is -2.28. The average Bonchev–Trinajstić information content (AvgIpc) is 2.96. The summed E-state index contributed by atoms with van der Waals surface area (Å²) in [7, 11) is -4.48. The first-order valence-corrected chi connectivity index (χ1v) is 12.4. The molecule has 13 nitrogen and oxygen atoms in total. The van der Waals surface area contributed by atoms with Gasteiger partial charge >= 0.3 is 19.4 Å². The van der Waals surface area contributed by atoms with Crippen LogP contribution in [0.4, 0.5) is 0 Å². The molecule has 6 N–H and O–H groups in total. The summed E-state index contributed by atoms with van der Waals surface area (Å²) in [6.07, 6.45) is 1.80. The predicted octanol–water partition coefficient (Wildman–Crippen LogP) is -0.517. The van der Waals surface area contributed by atoms with Crippen LogP contribution in [0.1, 0.15) is 52.2 Å². The second kappa shape index (κ2) is 10.2. The van der Waals surface area contributed by atoms with Gasteiger partial charge in [0.2, 0.25) is 0 Å². The van der Waals surface area contributed by atoms with Crippen molar-refractivity contribution >= 4 is 13.7 Å². The Morgan fingerprint density at radius 3 is 2.73 bits per heavy atom. The molecule has 6 atom stereocenters. The number of carbonyl (C=O) groups is 1. The normalized spacial score (nSPS) is 31.1. The third kappa shape index (κ3) is 6.18. The fourth-order valence-electron chi connectivity index (χ4n) is 4.00. The number of aromatic amines is 1. The summed E-state index contributed by atoms with van der Waals surface area (Å²) in [4.78, 5) is 47.8. The molecule has 0 amide bonds. The van der Waals surface area contributed by atoms with Crippen LogP contribution < -0.4 is 22.1 Å². The zero-order valence-electron chi connectivity index (χ0n) is 18.5. The van der Waals surface area contributed by atoms with Crippen molar-refractivity contribution < 1.29 is 33.4 Å². The molecule has 1 saturated heterocycles. The van der Waals surface area contributed by atoms with Gasteiger partial charge in [-0.1, -0.05) is 6.42 Å². The molecule has 0 bridgehead atoms. The van der Waals surface area contributed by atoms with Crippen molar-refractivity contribution in [3.63, 3.8) is 0 Å². The molecule has 186 valence electrons. The van der Waals surface area contributed by atoms with E-state index in [0.717, 1.165) is 42.7 Å². The molecule has 1 aliphatic carbocycles. The minimum atomic E-state index is -4.48. The van der Waals surface area contributed by atoms with Crippen LogP contribution >= 0.6 is 7.75 Å². The highest BCUT2D eigenvalue weighted by molar-refractivity contribution is 7.50. The summed E-state index contributed by atoms with van der Waals surface area (Å²) >= 11 is 0. The Hall–Kier alpha value is -1.86. The molecule has 1 aromatic rings. The van der Waals surface area contributed by atoms with Gasteiger partial charge in [-0.2, -0.15) is 0 Å². The van der Waals surface area contributed by atoms with Crippen molar-refractivity contribution in [2.75, 3.05) is 6.61 Å². The van der Waals surface area contributed by atoms with E-state index in [-0.39, 0.29) is 6.10 Å². The lowest BCUT2D eigenvalue weighted by Crippen LogP contribution is -2.53. The molecular formula is C19H31N4O9P. The molecule has 2 heterocycles. The topological polar surface area (TPSA) is 195 Å². The van der Waals surface area contributed by atoms with Crippen LogP contribution in [0, 0.1) is 0 Å². The Balaban J connectivity index is 1.58. The summed E-state index contributed by atoms with van der Waals surface area (Å²) in [6.45, 7) is 2.25. The molecule has 2 fully saturated rings. The van der Waals surface area contributed by atoms with E-state index >= 15 is 0 Å². The van der Waals surface area contributed by atoms with E-state index in [2.05, 4.69) is 10.1 Å². The molecule has 33 heavy (non-hydrogen) atoms. The molecule has 2 aliphatic rings. The highest BCUT2D eigenvalue weighted by Gasteiger charge is 2.52. The molecule has 1 saturated carbocycles. The van der Waals surface area contributed by atoms with Gasteiger partial charge in [0.1, 0.15) is 24.4 Å². The number of aliphatic hydroxyl groups is 1. The van der Waals surface area contributed by atoms with E-state index in [4.69, 9.17) is 19.7 Å². The fraction of sp³-hybridized carbons (Fsp3) is 0.737. The highest BCUT2D eigenvalue weighted by Crippen LogP contribution is 2.41. The zero-order chi connectivity index (χ0) is 24.4. The second-order valence-corrected chi connectivity index (χ2v) is 10.3. The number of carbonyl (C=O) groups excluding carboxylic acids is 1. The number of ether oxygens (including phenoxy) is 2. The van der Waals surface area contributed by atoms with Gasteiger partial charge in [0.15, 0.2) is 6.23 Å². The number of hydrogen-bond donors (Lipinski definition) is 5. The molecule has 3 rings (SSSR count). The Bertz CT molecular complexity index is 1000. The first kappa shape index (κ1) is 25.8. The van der Waals surface area contributed by atoms with Gasteiger partial charge in [-0.25, -0.2) is 14.4 Å². The number of esters is 1. The summed E-state index contributed by atoms with van der Waals surface area (Å²) in [5.41, 5.74) is 3.26. The van der Waals surface area contributed by atoms with Crippen molar-refractivity contribution in [3.05, 3.63) is 33.1 Å². The quantitative estimate of drug-likeness (QED) is 0.232. The van der Waals surface area contributed by atoms with Gasteiger partial charge in [0, 0.05) is 12.3 Å². The average molecular weight is 490 g/mol. The van der Waals surface area contributed by atoms with Gasteiger partial charge in [-0.3, -0.25) is 23.7 Å². The number of nitrogens with one attached hydrogen (secondary N) is 2. The smallest absolute Gasteiger partial charge is 0.403 e. The molecular weight excluding hydrogens is 459 g/mol. The maximum absolute atomic E-state index is 12.4. The number of aromatic nitrogens is 2. The SMILES string of the molecule is C[C@H](NP(=O)(O)OC[C@H]1O[C@@H](n2ccc(=O)[nH]c2=O)[C@](C)(N)[C@@H]1O)C(=O)OC1CCCCC1.